The Bertz CT molecular complexity index is 442. The molecule has 0 saturated carbocycles. The first-order valence-electron chi connectivity index (χ1n) is 7.49. The van der Waals surface area contributed by atoms with E-state index < -0.39 is 0 Å². The van der Waals surface area contributed by atoms with Gasteiger partial charge in [-0.3, -0.25) is 0 Å². The summed E-state index contributed by atoms with van der Waals surface area (Å²) in [6.07, 6.45) is 2.74. The predicted octanol–water partition coefficient (Wildman–Crippen LogP) is 3.02. The highest BCUT2D eigenvalue weighted by atomic mass is 19.1. The van der Waals surface area contributed by atoms with Crippen molar-refractivity contribution in [3.63, 3.8) is 0 Å². The molecule has 1 aromatic carbocycles. The third kappa shape index (κ3) is 2.60. The zero-order valence-corrected chi connectivity index (χ0v) is 11.9. The minimum atomic E-state index is -0.364. The Labute approximate surface area is 119 Å². The number of halogens is 1. The van der Waals surface area contributed by atoms with Gasteiger partial charge in [0.25, 0.3) is 0 Å². The second-order valence-corrected chi connectivity index (χ2v) is 5.75. The number of ether oxygens (including phenoxy) is 2. The van der Waals surface area contributed by atoms with Gasteiger partial charge in [0, 0.05) is 11.5 Å². The van der Waals surface area contributed by atoms with Crippen LogP contribution in [0.25, 0.3) is 0 Å². The molecule has 0 aliphatic carbocycles. The van der Waals surface area contributed by atoms with Crippen LogP contribution in [0.4, 0.5) is 4.39 Å². The molecule has 2 heterocycles. The van der Waals surface area contributed by atoms with Gasteiger partial charge in [0.2, 0.25) is 0 Å². The smallest absolute Gasteiger partial charge is 0.184 e. The van der Waals surface area contributed by atoms with Crippen LogP contribution in [0.3, 0.4) is 0 Å². The lowest BCUT2D eigenvalue weighted by Gasteiger charge is -2.49. The van der Waals surface area contributed by atoms with Crippen LogP contribution in [0.5, 0.6) is 0 Å². The molecule has 2 fully saturated rings. The zero-order chi connectivity index (χ0) is 14.0. The molecule has 1 aromatic rings. The molecule has 4 heteroatoms. The van der Waals surface area contributed by atoms with Crippen LogP contribution in [-0.2, 0) is 9.47 Å². The quantitative estimate of drug-likeness (QED) is 0.902. The van der Waals surface area contributed by atoms with Crippen molar-refractivity contribution in [3.8, 4) is 0 Å². The molecule has 1 N–H and O–H groups in total. The molecule has 2 aliphatic heterocycles. The summed E-state index contributed by atoms with van der Waals surface area (Å²) < 4.78 is 25.3. The Morgan fingerprint density at radius 2 is 1.95 bits per heavy atom. The first-order valence-corrected chi connectivity index (χ1v) is 7.49. The van der Waals surface area contributed by atoms with E-state index in [9.17, 15) is 4.39 Å². The van der Waals surface area contributed by atoms with Gasteiger partial charge in [-0.1, -0.05) is 19.1 Å². The summed E-state index contributed by atoms with van der Waals surface area (Å²) in [7, 11) is 0. The lowest BCUT2D eigenvalue weighted by atomic mass is 9.78. The molecule has 20 heavy (non-hydrogen) atoms. The first-order chi connectivity index (χ1) is 9.73. The zero-order valence-electron chi connectivity index (χ0n) is 11.9. The normalized spacial score (nSPS) is 29.5. The molecule has 3 nitrogen and oxygen atoms in total. The Kier molecular flexibility index (Phi) is 4.06. The van der Waals surface area contributed by atoms with Crippen molar-refractivity contribution in [3.05, 3.63) is 35.6 Å². The highest BCUT2D eigenvalue weighted by Gasteiger charge is 2.45. The molecular weight excluding hydrogens is 257 g/mol. The van der Waals surface area contributed by atoms with Gasteiger partial charge in [0.1, 0.15) is 5.82 Å². The molecule has 3 rings (SSSR count). The first kappa shape index (κ1) is 14.0. The summed E-state index contributed by atoms with van der Waals surface area (Å²) in [6, 6.07) is 6.42. The van der Waals surface area contributed by atoms with Crippen molar-refractivity contribution in [2.75, 3.05) is 19.7 Å². The van der Waals surface area contributed by atoms with Gasteiger partial charge in [-0.05, 0) is 44.5 Å². The molecule has 1 spiro atoms. The molecule has 2 unspecified atom stereocenters. The standard InChI is InChI=1S/C16H22FNO2/c1-2-13-11-19-15(12-3-5-14(17)6-4-12)20-16(13)7-9-18-10-8-16/h3-6,13,15,18H,2,7-11H2,1H3. The molecule has 2 saturated heterocycles. The largest absolute Gasteiger partial charge is 0.348 e. The van der Waals surface area contributed by atoms with Gasteiger partial charge in [0.05, 0.1) is 12.2 Å². The SMILES string of the molecule is CCC1COC(c2ccc(F)cc2)OC12CCNCC2. The number of benzene rings is 1. The average molecular weight is 279 g/mol. The van der Waals surface area contributed by atoms with Gasteiger partial charge < -0.3 is 14.8 Å². The van der Waals surface area contributed by atoms with Gasteiger partial charge in [0.15, 0.2) is 6.29 Å². The molecular formula is C16H22FNO2. The van der Waals surface area contributed by atoms with Crippen LogP contribution in [0, 0.1) is 11.7 Å². The summed E-state index contributed by atoms with van der Waals surface area (Å²) in [6.45, 7) is 4.90. The third-order valence-electron chi connectivity index (χ3n) is 4.62. The fourth-order valence-electron chi connectivity index (χ4n) is 3.35. The van der Waals surface area contributed by atoms with E-state index in [1.165, 1.54) is 12.1 Å². The highest BCUT2D eigenvalue weighted by molar-refractivity contribution is 5.18. The summed E-state index contributed by atoms with van der Waals surface area (Å²) in [5.41, 5.74) is 0.816. The molecule has 2 atom stereocenters. The van der Waals surface area contributed by atoms with E-state index >= 15 is 0 Å². The number of hydrogen-bond donors (Lipinski definition) is 1. The van der Waals surface area contributed by atoms with Gasteiger partial charge in [-0.15, -0.1) is 0 Å². The molecule has 0 radical (unpaired) electrons. The van der Waals surface area contributed by atoms with E-state index in [-0.39, 0.29) is 17.7 Å². The highest BCUT2D eigenvalue weighted by Crippen LogP contribution is 2.43. The van der Waals surface area contributed by atoms with Gasteiger partial charge in [-0.25, -0.2) is 4.39 Å². The molecule has 0 bridgehead atoms. The number of hydrogen-bond acceptors (Lipinski definition) is 3. The van der Waals surface area contributed by atoms with E-state index in [4.69, 9.17) is 9.47 Å². The molecule has 0 aromatic heterocycles. The van der Waals surface area contributed by atoms with E-state index in [0.717, 1.165) is 44.5 Å². The Hall–Kier alpha value is -0.970. The maximum absolute atomic E-state index is 13.0. The lowest BCUT2D eigenvalue weighted by molar-refractivity contribution is -0.294. The van der Waals surface area contributed by atoms with Crippen LogP contribution in [0.15, 0.2) is 24.3 Å². The van der Waals surface area contributed by atoms with Crippen molar-refractivity contribution < 1.29 is 13.9 Å². The maximum atomic E-state index is 13.0. The van der Waals surface area contributed by atoms with Crippen LogP contribution < -0.4 is 5.32 Å². The summed E-state index contributed by atoms with van der Waals surface area (Å²) in [5.74, 6) is 0.217. The van der Waals surface area contributed by atoms with Crippen molar-refractivity contribution >= 4 is 0 Å². The number of piperidine rings is 1. The Morgan fingerprint density at radius 3 is 2.60 bits per heavy atom. The van der Waals surface area contributed by atoms with Gasteiger partial charge in [-0.2, -0.15) is 0 Å². The summed E-state index contributed by atoms with van der Waals surface area (Å²) in [5, 5.41) is 3.39. The van der Waals surface area contributed by atoms with Crippen molar-refractivity contribution in [2.24, 2.45) is 5.92 Å². The lowest BCUT2D eigenvalue weighted by Crippen LogP contribution is -2.54. The average Bonchev–Trinajstić information content (AvgIpc) is 2.49. The minimum absolute atomic E-state index is 0.0860. The Morgan fingerprint density at radius 1 is 1.25 bits per heavy atom. The van der Waals surface area contributed by atoms with Crippen molar-refractivity contribution in [1.82, 2.24) is 5.32 Å². The van der Waals surface area contributed by atoms with Crippen molar-refractivity contribution in [2.45, 2.75) is 38.1 Å². The van der Waals surface area contributed by atoms with Crippen LogP contribution >= 0.6 is 0 Å². The predicted molar refractivity (Wildman–Crippen MR) is 74.8 cm³/mol. The maximum Gasteiger partial charge on any atom is 0.184 e. The minimum Gasteiger partial charge on any atom is -0.348 e. The summed E-state index contributed by atoms with van der Waals surface area (Å²) in [4.78, 5) is 0. The number of rotatable bonds is 2. The molecule has 2 aliphatic rings. The van der Waals surface area contributed by atoms with E-state index in [1.54, 1.807) is 12.1 Å². The van der Waals surface area contributed by atoms with Crippen LogP contribution in [-0.4, -0.2) is 25.3 Å². The van der Waals surface area contributed by atoms with E-state index in [2.05, 4.69) is 12.2 Å². The van der Waals surface area contributed by atoms with Crippen molar-refractivity contribution in [1.29, 1.82) is 0 Å². The third-order valence-corrected chi connectivity index (χ3v) is 4.62. The Balaban J connectivity index is 1.80. The van der Waals surface area contributed by atoms with Crippen LogP contribution in [0.1, 0.15) is 38.0 Å². The fraction of sp³-hybridized carbons (Fsp3) is 0.625. The monoisotopic (exact) mass is 279 g/mol. The summed E-state index contributed by atoms with van der Waals surface area (Å²) >= 11 is 0. The molecule has 0 amide bonds. The topological polar surface area (TPSA) is 30.5 Å². The number of nitrogens with one attached hydrogen (secondary N) is 1. The molecule has 110 valence electrons. The van der Waals surface area contributed by atoms with E-state index in [0.29, 0.717) is 5.92 Å². The van der Waals surface area contributed by atoms with Crippen LogP contribution in [0.2, 0.25) is 0 Å². The fourth-order valence-corrected chi connectivity index (χ4v) is 3.35. The van der Waals surface area contributed by atoms with Gasteiger partial charge >= 0.3 is 0 Å². The second-order valence-electron chi connectivity index (χ2n) is 5.75. The second kappa shape index (κ2) is 5.80. The van der Waals surface area contributed by atoms with E-state index in [1.807, 2.05) is 0 Å².